The third-order valence-corrected chi connectivity index (χ3v) is 3.77. The maximum atomic E-state index is 12.0. The molecule has 0 spiro atoms. The first-order valence-corrected chi connectivity index (χ1v) is 7.29. The van der Waals surface area contributed by atoms with Gasteiger partial charge in [-0.15, -0.1) is 0 Å². The molecule has 1 N–H and O–H groups in total. The quantitative estimate of drug-likeness (QED) is 0.871. The van der Waals surface area contributed by atoms with Gasteiger partial charge in [0.25, 0.3) is 5.91 Å². The maximum Gasteiger partial charge on any atom is 0.253 e. The Morgan fingerprint density at radius 3 is 2.81 bits per heavy atom. The standard InChI is InChI=1S/C16H24N2O3/c1-5-21-14-10-13(15(14)20-4)17-12-8-6-7-11(9-12)16(19)18(2)3/h6-9,13-15,17H,5,10H2,1-4H3. The number of anilines is 1. The molecule has 0 aliphatic heterocycles. The van der Waals surface area contributed by atoms with Crippen LogP contribution in [0.5, 0.6) is 0 Å². The van der Waals surface area contributed by atoms with Crippen molar-refractivity contribution < 1.29 is 14.3 Å². The van der Waals surface area contributed by atoms with Crippen molar-refractivity contribution in [3.05, 3.63) is 29.8 Å². The van der Waals surface area contributed by atoms with Gasteiger partial charge >= 0.3 is 0 Å². The highest BCUT2D eigenvalue weighted by molar-refractivity contribution is 5.94. The molecule has 1 aromatic rings. The van der Waals surface area contributed by atoms with E-state index >= 15 is 0 Å². The lowest BCUT2D eigenvalue weighted by Gasteiger charge is -2.43. The van der Waals surface area contributed by atoms with Crippen LogP contribution in [0.4, 0.5) is 5.69 Å². The first-order valence-electron chi connectivity index (χ1n) is 7.29. The molecule has 3 unspecified atom stereocenters. The molecule has 1 amide bonds. The van der Waals surface area contributed by atoms with Crippen LogP contribution in [0.1, 0.15) is 23.7 Å². The highest BCUT2D eigenvalue weighted by Crippen LogP contribution is 2.30. The van der Waals surface area contributed by atoms with Crippen LogP contribution in [0.2, 0.25) is 0 Å². The van der Waals surface area contributed by atoms with Crippen molar-refractivity contribution in [1.29, 1.82) is 0 Å². The van der Waals surface area contributed by atoms with E-state index in [2.05, 4.69) is 5.32 Å². The number of hydrogen-bond donors (Lipinski definition) is 1. The molecular formula is C16H24N2O3. The summed E-state index contributed by atoms with van der Waals surface area (Å²) >= 11 is 0. The Morgan fingerprint density at radius 1 is 1.43 bits per heavy atom. The van der Waals surface area contributed by atoms with Crippen LogP contribution in [-0.4, -0.2) is 56.9 Å². The van der Waals surface area contributed by atoms with E-state index in [1.54, 1.807) is 26.1 Å². The summed E-state index contributed by atoms with van der Waals surface area (Å²) in [6, 6.07) is 7.78. The average Bonchev–Trinajstić information content (AvgIpc) is 2.45. The van der Waals surface area contributed by atoms with Crippen LogP contribution >= 0.6 is 0 Å². The van der Waals surface area contributed by atoms with Crippen molar-refractivity contribution in [3.8, 4) is 0 Å². The predicted octanol–water partition coefficient (Wildman–Crippen LogP) is 1.99. The van der Waals surface area contributed by atoms with Gasteiger partial charge in [0.05, 0.1) is 12.1 Å². The Morgan fingerprint density at radius 2 is 2.19 bits per heavy atom. The minimum atomic E-state index is 0.00254. The topological polar surface area (TPSA) is 50.8 Å². The normalized spacial score (nSPS) is 24.3. The summed E-state index contributed by atoms with van der Waals surface area (Å²) in [7, 11) is 5.21. The molecule has 2 rings (SSSR count). The number of amides is 1. The van der Waals surface area contributed by atoms with Gasteiger partial charge in [0.1, 0.15) is 6.10 Å². The molecule has 0 radical (unpaired) electrons. The Labute approximate surface area is 126 Å². The Bertz CT molecular complexity index is 490. The largest absolute Gasteiger partial charge is 0.379 e. The van der Waals surface area contributed by atoms with Gasteiger partial charge in [-0.2, -0.15) is 0 Å². The zero-order valence-corrected chi connectivity index (χ0v) is 13.1. The number of nitrogens with one attached hydrogen (secondary N) is 1. The molecule has 1 aliphatic carbocycles. The maximum absolute atomic E-state index is 12.0. The van der Waals surface area contributed by atoms with E-state index in [0.29, 0.717) is 12.2 Å². The molecule has 1 saturated carbocycles. The number of nitrogens with zero attached hydrogens (tertiary/aromatic N) is 1. The molecule has 1 fully saturated rings. The lowest BCUT2D eigenvalue weighted by Crippen LogP contribution is -2.56. The summed E-state index contributed by atoms with van der Waals surface area (Å²) in [5, 5.41) is 3.43. The molecule has 0 saturated heterocycles. The second kappa shape index (κ2) is 6.91. The second-order valence-electron chi connectivity index (χ2n) is 5.46. The molecule has 0 heterocycles. The molecule has 0 aromatic heterocycles. The van der Waals surface area contributed by atoms with E-state index in [9.17, 15) is 4.79 Å². The molecule has 1 aromatic carbocycles. The number of hydrogen-bond acceptors (Lipinski definition) is 4. The van der Waals surface area contributed by atoms with Crippen LogP contribution in [0, 0.1) is 0 Å². The van der Waals surface area contributed by atoms with E-state index in [0.717, 1.165) is 12.1 Å². The van der Waals surface area contributed by atoms with Crippen molar-refractivity contribution >= 4 is 11.6 Å². The number of rotatable bonds is 6. The summed E-state index contributed by atoms with van der Waals surface area (Å²) in [6.07, 6.45) is 1.13. The number of ether oxygens (including phenoxy) is 2. The summed E-state index contributed by atoms with van der Waals surface area (Å²) in [5.41, 5.74) is 1.62. The van der Waals surface area contributed by atoms with Gasteiger partial charge < -0.3 is 19.7 Å². The smallest absolute Gasteiger partial charge is 0.253 e. The van der Waals surface area contributed by atoms with Crippen molar-refractivity contribution in [2.45, 2.75) is 31.6 Å². The number of benzene rings is 1. The summed E-state index contributed by atoms with van der Waals surface area (Å²) < 4.78 is 11.1. The third kappa shape index (κ3) is 3.54. The van der Waals surface area contributed by atoms with Gasteiger partial charge in [-0.05, 0) is 31.5 Å². The summed E-state index contributed by atoms with van der Waals surface area (Å²) in [6.45, 7) is 2.69. The van der Waals surface area contributed by atoms with Crippen molar-refractivity contribution in [2.75, 3.05) is 33.1 Å². The van der Waals surface area contributed by atoms with Gasteiger partial charge in [0, 0.05) is 39.1 Å². The van der Waals surface area contributed by atoms with Crippen molar-refractivity contribution in [2.24, 2.45) is 0 Å². The number of carbonyl (C=O) groups excluding carboxylic acids is 1. The fraction of sp³-hybridized carbons (Fsp3) is 0.562. The molecule has 3 atom stereocenters. The van der Waals surface area contributed by atoms with E-state index in [4.69, 9.17) is 9.47 Å². The first-order chi connectivity index (χ1) is 10.1. The lowest BCUT2D eigenvalue weighted by molar-refractivity contribution is -0.118. The van der Waals surface area contributed by atoms with Gasteiger partial charge in [0.15, 0.2) is 0 Å². The molecule has 0 bridgehead atoms. The Kier molecular flexibility index (Phi) is 5.20. The molecule has 116 valence electrons. The number of methoxy groups -OCH3 is 1. The van der Waals surface area contributed by atoms with Crippen LogP contribution in [0.15, 0.2) is 24.3 Å². The fourth-order valence-corrected chi connectivity index (χ4v) is 2.63. The SMILES string of the molecule is CCOC1CC(Nc2cccc(C(=O)N(C)C)c2)C1OC. The summed E-state index contributed by atoms with van der Waals surface area (Å²) in [4.78, 5) is 13.6. The third-order valence-electron chi connectivity index (χ3n) is 3.77. The minimum absolute atomic E-state index is 0.00254. The zero-order valence-electron chi connectivity index (χ0n) is 13.1. The Balaban J connectivity index is 2.01. The van der Waals surface area contributed by atoms with E-state index < -0.39 is 0 Å². The van der Waals surface area contributed by atoms with Gasteiger partial charge in [0.2, 0.25) is 0 Å². The average molecular weight is 292 g/mol. The van der Waals surface area contributed by atoms with E-state index in [1.165, 1.54) is 0 Å². The van der Waals surface area contributed by atoms with Crippen molar-refractivity contribution in [1.82, 2.24) is 4.90 Å². The monoisotopic (exact) mass is 292 g/mol. The van der Waals surface area contributed by atoms with Gasteiger partial charge in [-0.25, -0.2) is 0 Å². The van der Waals surface area contributed by atoms with E-state index in [-0.39, 0.29) is 24.2 Å². The highest BCUT2D eigenvalue weighted by Gasteiger charge is 2.42. The molecule has 1 aliphatic rings. The molecule has 5 nitrogen and oxygen atoms in total. The van der Waals surface area contributed by atoms with Crippen LogP contribution in [0.25, 0.3) is 0 Å². The summed E-state index contributed by atoms with van der Waals surface area (Å²) in [5.74, 6) is 0.00254. The first kappa shape index (κ1) is 15.8. The molecule has 21 heavy (non-hydrogen) atoms. The predicted molar refractivity (Wildman–Crippen MR) is 82.7 cm³/mol. The molecular weight excluding hydrogens is 268 g/mol. The van der Waals surface area contributed by atoms with Crippen LogP contribution in [0.3, 0.4) is 0 Å². The Hall–Kier alpha value is -1.59. The van der Waals surface area contributed by atoms with Crippen molar-refractivity contribution in [3.63, 3.8) is 0 Å². The highest BCUT2D eigenvalue weighted by atomic mass is 16.5. The zero-order chi connectivity index (χ0) is 15.4. The molecule has 5 heteroatoms. The van der Waals surface area contributed by atoms with Gasteiger partial charge in [-0.1, -0.05) is 6.07 Å². The minimum Gasteiger partial charge on any atom is -0.379 e. The lowest BCUT2D eigenvalue weighted by atomic mass is 9.85. The van der Waals surface area contributed by atoms with Crippen LogP contribution < -0.4 is 5.32 Å². The van der Waals surface area contributed by atoms with Crippen LogP contribution in [-0.2, 0) is 9.47 Å². The number of carbonyl (C=O) groups is 1. The fourth-order valence-electron chi connectivity index (χ4n) is 2.63. The second-order valence-corrected chi connectivity index (χ2v) is 5.46. The van der Waals surface area contributed by atoms with E-state index in [1.807, 2.05) is 31.2 Å². The van der Waals surface area contributed by atoms with Gasteiger partial charge in [-0.3, -0.25) is 4.79 Å².